The highest BCUT2D eigenvalue weighted by Crippen LogP contribution is 2.36. The van der Waals surface area contributed by atoms with Gasteiger partial charge in [-0.05, 0) is 50.6 Å². The van der Waals surface area contributed by atoms with Gasteiger partial charge in [-0.15, -0.1) is 5.10 Å². The van der Waals surface area contributed by atoms with Crippen molar-refractivity contribution >= 4 is 5.52 Å². The summed E-state index contributed by atoms with van der Waals surface area (Å²) in [6, 6.07) is 17.3. The molecule has 5 aromatic rings. The summed E-state index contributed by atoms with van der Waals surface area (Å²) >= 11 is 0. The minimum atomic E-state index is -0.293. The Morgan fingerprint density at radius 2 is 1.97 bits per heavy atom. The maximum absolute atomic E-state index is 9.38. The van der Waals surface area contributed by atoms with Gasteiger partial charge >= 0.3 is 0 Å². The fourth-order valence-corrected chi connectivity index (χ4v) is 4.49. The third kappa shape index (κ3) is 4.21. The van der Waals surface area contributed by atoms with E-state index in [-0.39, 0.29) is 12.0 Å². The molecule has 0 radical (unpaired) electrons. The van der Waals surface area contributed by atoms with Crippen molar-refractivity contribution in [1.82, 2.24) is 34.6 Å². The zero-order valence-corrected chi connectivity index (χ0v) is 20.6. The normalized spacial score (nSPS) is 16.8. The van der Waals surface area contributed by atoms with Gasteiger partial charge in [-0.3, -0.25) is 0 Å². The van der Waals surface area contributed by atoms with Crippen molar-refractivity contribution in [2.75, 3.05) is 6.61 Å². The number of hydrogen-bond donors (Lipinski definition) is 0. The zero-order chi connectivity index (χ0) is 26.2. The summed E-state index contributed by atoms with van der Waals surface area (Å²) in [7, 11) is 0. The summed E-state index contributed by atoms with van der Waals surface area (Å²) in [4.78, 5) is 4.96. The minimum Gasteiger partial charge on any atom is -0.436 e. The molecule has 11 heteroatoms. The molecule has 0 aromatic carbocycles. The van der Waals surface area contributed by atoms with Crippen molar-refractivity contribution < 1.29 is 9.47 Å². The Bertz CT molecular complexity index is 1740. The standard InChI is InChI=1S/C27H21N9O2/c1-16-3-8-26(33-32-16)38-20-4-7-24-22(13-30-35(24)14-20)23-6-5-21(25-10-18(11-28)15-37-25)27(31-23)36-17(2)9-19(12-29)34-36/h3-9,13-14,18,25H,10,15H2,1-2H3/t18-,25+/m1/s1. The van der Waals surface area contributed by atoms with Crippen LogP contribution in [0.3, 0.4) is 0 Å². The van der Waals surface area contributed by atoms with Gasteiger partial charge in [0.2, 0.25) is 5.88 Å². The first-order chi connectivity index (χ1) is 18.5. The van der Waals surface area contributed by atoms with Crippen LogP contribution in [0.5, 0.6) is 11.6 Å². The number of nitrogens with zero attached hydrogens (tertiary/aromatic N) is 9. The molecule has 0 saturated carbocycles. The Balaban J connectivity index is 1.39. The van der Waals surface area contributed by atoms with E-state index in [2.05, 4.69) is 32.5 Å². The fraction of sp³-hybridized carbons (Fsp3) is 0.222. The van der Waals surface area contributed by atoms with Crippen LogP contribution in [0.1, 0.15) is 35.2 Å². The lowest BCUT2D eigenvalue weighted by molar-refractivity contribution is 0.109. The second kappa shape index (κ2) is 9.39. The summed E-state index contributed by atoms with van der Waals surface area (Å²) in [5, 5.41) is 35.7. The van der Waals surface area contributed by atoms with Crippen molar-refractivity contribution in [2.45, 2.75) is 26.4 Å². The SMILES string of the molecule is Cc1ccc(Oc2ccc3c(-c4ccc([C@@H]5C[C@H](C#N)CO5)c(-n5nc(C#N)cc5C)n4)cnn3c2)nn1. The van der Waals surface area contributed by atoms with E-state index in [9.17, 15) is 10.5 Å². The number of ether oxygens (including phenoxy) is 2. The topological polar surface area (TPSA) is 140 Å². The summed E-state index contributed by atoms with van der Waals surface area (Å²) < 4.78 is 15.1. The van der Waals surface area contributed by atoms with E-state index in [1.54, 1.807) is 33.7 Å². The van der Waals surface area contributed by atoms with Crippen LogP contribution in [0, 0.1) is 42.4 Å². The maximum atomic E-state index is 9.38. The second-order valence-electron chi connectivity index (χ2n) is 9.06. The van der Waals surface area contributed by atoms with Gasteiger partial charge in [-0.25, -0.2) is 14.2 Å². The van der Waals surface area contributed by atoms with E-state index in [1.165, 1.54) is 0 Å². The Kier molecular flexibility index (Phi) is 5.75. The average Bonchev–Trinajstić information content (AvgIpc) is 3.67. The molecule has 1 saturated heterocycles. The van der Waals surface area contributed by atoms with E-state index in [1.807, 2.05) is 44.2 Å². The van der Waals surface area contributed by atoms with Gasteiger partial charge in [0.05, 0.1) is 54.0 Å². The van der Waals surface area contributed by atoms with Crippen LogP contribution in [0.4, 0.5) is 0 Å². The van der Waals surface area contributed by atoms with Crippen LogP contribution < -0.4 is 4.74 Å². The first-order valence-corrected chi connectivity index (χ1v) is 12.0. The molecule has 0 aliphatic carbocycles. The predicted molar refractivity (Wildman–Crippen MR) is 134 cm³/mol. The quantitative estimate of drug-likeness (QED) is 0.344. The zero-order valence-electron chi connectivity index (χ0n) is 20.6. The molecule has 6 rings (SSSR count). The van der Waals surface area contributed by atoms with E-state index < -0.39 is 0 Å². The molecule has 1 aliphatic heterocycles. The summed E-state index contributed by atoms with van der Waals surface area (Å²) in [6.07, 6.45) is 3.78. The second-order valence-corrected chi connectivity index (χ2v) is 9.06. The number of aromatic nitrogens is 7. The summed E-state index contributed by atoms with van der Waals surface area (Å²) in [5.74, 6) is 1.34. The molecule has 0 amide bonds. The number of nitriles is 2. The van der Waals surface area contributed by atoms with Gasteiger partial charge in [0.15, 0.2) is 11.5 Å². The van der Waals surface area contributed by atoms with Crippen LogP contribution in [-0.2, 0) is 4.74 Å². The smallest absolute Gasteiger partial charge is 0.238 e. The molecule has 0 bridgehead atoms. The molecule has 38 heavy (non-hydrogen) atoms. The first kappa shape index (κ1) is 23.3. The van der Waals surface area contributed by atoms with Crippen molar-refractivity contribution in [1.29, 1.82) is 10.5 Å². The molecular weight excluding hydrogens is 482 g/mol. The van der Waals surface area contributed by atoms with Crippen molar-refractivity contribution in [3.8, 4) is 40.8 Å². The van der Waals surface area contributed by atoms with Crippen LogP contribution in [0.25, 0.3) is 22.6 Å². The third-order valence-electron chi connectivity index (χ3n) is 6.40. The monoisotopic (exact) mass is 503 g/mol. The molecule has 1 aliphatic rings. The summed E-state index contributed by atoms with van der Waals surface area (Å²) in [6.45, 7) is 4.10. The molecule has 1 fully saturated rings. The largest absolute Gasteiger partial charge is 0.436 e. The maximum Gasteiger partial charge on any atom is 0.238 e. The number of aryl methyl sites for hydroxylation is 2. The molecule has 186 valence electrons. The lowest BCUT2D eigenvalue weighted by atomic mass is 10.0. The molecule has 6 heterocycles. The van der Waals surface area contributed by atoms with Crippen molar-refractivity contribution in [3.05, 3.63) is 77.5 Å². The third-order valence-corrected chi connectivity index (χ3v) is 6.40. The molecule has 0 N–H and O–H groups in total. The Morgan fingerprint density at radius 1 is 1.08 bits per heavy atom. The number of rotatable bonds is 5. The predicted octanol–water partition coefficient (Wildman–Crippen LogP) is 4.25. The van der Waals surface area contributed by atoms with Crippen LogP contribution in [-0.4, -0.2) is 41.2 Å². The van der Waals surface area contributed by atoms with Crippen molar-refractivity contribution in [3.63, 3.8) is 0 Å². The highest BCUT2D eigenvalue weighted by molar-refractivity contribution is 5.78. The number of fused-ring (bicyclic) bond motifs is 1. The van der Waals surface area contributed by atoms with E-state index in [0.717, 1.165) is 28.0 Å². The molecule has 11 nitrogen and oxygen atoms in total. The highest BCUT2D eigenvalue weighted by atomic mass is 16.5. The lowest BCUT2D eigenvalue weighted by Crippen LogP contribution is -2.10. The van der Waals surface area contributed by atoms with Gasteiger partial charge < -0.3 is 9.47 Å². The van der Waals surface area contributed by atoms with Gasteiger partial charge in [-0.2, -0.15) is 25.8 Å². The number of pyridine rings is 2. The van der Waals surface area contributed by atoms with E-state index in [4.69, 9.17) is 14.5 Å². The van der Waals surface area contributed by atoms with Crippen LogP contribution in [0.15, 0.2) is 54.9 Å². The van der Waals surface area contributed by atoms with Gasteiger partial charge in [0.1, 0.15) is 11.8 Å². The van der Waals surface area contributed by atoms with Crippen LogP contribution >= 0.6 is 0 Å². The summed E-state index contributed by atoms with van der Waals surface area (Å²) in [5.41, 5.74) is 5.00. The van der Waals surface area contributed by atoms with E-state index >= 15 is 0 Å². The Morgan fingerprint density at radius 3 is 2.71 bits per heavy atom. The number of hydrogen-bond acceptors (Lipinski definition) is 9. The van der Waals surface area contributed by atoms with E-state index in [0.29, 0.717) is 41.9 Å². The van der Waals surface area contributed by atoms with Gasteiger partial charge in [0, 0.05) is 22.9 Å². The highest BCUT2D eigenvalue weighted by Gasteiger charge is 2.30. The molecule has 2 atom stereocenters. The average molecular weight is 504 g/mol. The fourth-order valence-electron chi connectivity index (χ4n) is 4.49. The first-order valence-electron chi connectivity index (χ1n) is 12.0. The molecule has 5 aromatic heterocycles. The minimum absolute atomic E-state index is 0.178. The molecular formula is C27H21N9O2. The molecule has 0 spiro atoms. The lowest BCUT2D eigenvalue weighted by Gasteiger charge is -2.16. The molecule has 0 unspecified atom stereocenters. The van der Waals surface area contributed by atoms with Gasteiger partial charge in [0.25, 0.3) is 0 Å². The van der Waals surface area contributed by atoms with Crippen molar-refractivity contribution in [2.24, 2.45) is 5.92 Å². The Labute approximate surface area is 217 Å². The van der Waals surface area contributed by atoms with Gasteiger partial charge in [-0.1, -0.05) is 6.07 Å². The van der Waals surface area contributed by atoms with Crippen LogP contribution in [0.2, 0.25) is 0 Å². The Hall–Kier alpha value is -5.13.